The molecule has 124 valence electrons. The van der Waals surface area contributed by atoms with E-state index in [0.29, 0.717) is 6.61 Å². The molecule has 3 rings (SSSR count). The second-order valence-electron chi connectivity index (χ2n) is 5.66. The molecule has 4 heteroatoms. The SMILES string of the molecule is CCOc1ccc(-[n+]2c(C)c3c(O)cccc(OC)c-3c2C)cc1. The lowest BCUT2D eigenvalue weighted by molar-refractivity contribution is -0.604. The van der Waals surface area contributed by atoms with Crippen LogP contribution in [0.4, 0.5) is 0 Å². The molecule has 0 saturated heterocycles. The molecular formula is C20H22NO3+. The number of aromatic nitrogens is 1. The lowest BCUT2D eigenvalue weighted by Gasteiger charge is -2.03. The number of methoxy groups -OCH3 is 1. The smallest absolute Gasteiger partial charge is 0.211 e. The third-order valence-corrected chi connectivity index (χ3v) is 4.27. The molecule has 0 bridgehead atoms. The van der Waals surface area contributed by atoms with Crippen molar-refractivity contribution < 1.29 is 19.1 Å². The number of ether oxygens (including phenoxy) is 2. The number of benzene rings is 1. The van der Waals surface area contributed by atoms with Crippen LogP contribution in [-0.4, -0.2) is 18.8 Å². The van der Waals surface area contributed by atoms with E-state index in [2.05, 4.69) is 4.57 Å². The summed E-state index contributed by atoms with van der Waals surface area (Å²) in [5, 5.41) is 10.4. The summed E-state index contributed by atoms with van der Waals surface area (Å²) in [6, 6.07) is 13.3. The zero-order chi connectivity index (χ0) is 17.3. The Morgan fingerprint density at radius 3 is 2.25 bits per heavy atom. The Labute approximate surface area is 142 Å². The molecule has 0 atom stereocenters. The van der Waals surface area contributed by atoms with Crippen molar-refractivity contribution in [1.82, 2.24) is 0 Å². The molecule has 1 aromatic rings. The lowest BCUT2D eigenvalue weighted by Crippen LogP contribution is -2.34. The first-order valence-electron chi connectivity index (χ1n) is 8.02. The van der Waals surface area contributed by atoms with Crippen molar-refractivity contribution in [2.45, 2.75) is 20.8 Å². The molecule has 0 unspecified atom stereocenters. The molecule has 1 aromatic carbocycles. The highest BCUT2D eigenvalue weighted by atomic mass is 16.5. The van der Waals surface area contributed by atoms with Gasteiger partial charge in [0, 0.05) is 26.0 Å². The summed E-state index contributed by atoms with van der Waals surface area (Å²) in [7, 11) is 1.65. The maximum Gasteiger partial charge on any atom is 0.211 e. The predicted octanol–water partition coefficient (Wildman–Crippen LogP) is 3.80. The maximum absolute atomic E-state index is 10.4. The fourth-order valence-electron chi connectivity index (χ4n) is 3.26. The first kappa shape index (κ1) is 16.1. The quantitative estimate of drug-likeness (QED) is 0.742. The van der Waals surface area contributed by atoms with E-state index in [1.807, 2.05) is 51.1 Å². The van der Waals surface area contributed by atoms with Gasteiger partial charge in [0.15, 0.2) is 11.4 Å². The summed E-state index contributed by atoms with van der Waals surface area (Å²) in [5.74, 6) is 1.84. The molecule has 0 spiro atoms. The topological polar surface area (TPSA) is 42.6 Å². The molecule has 1 N–H and O–H groups in total. The van der Waals surface area contributed by atoms with Crippen LogP contribution in [0.1, 0.15) is 18.3 Å². The number of hydrogen-bond acceptors (Lipinski definition) is 3. The zero-order valence-electron chi connectivity index (χ0n) is 14.5. The van der Waals surface area contributed by atoms with Crippen molar-refractivity contribution in [1.29, 1.82) is 0 Å². The van der Waals surface area contributed by atoms with E-state index in [0.717, 1.165) is 39.7 Å². The molecule has 4 nitrogen and oxygen atoms in total. The van der Waals surface area contributed by atoms with E-state index in [4.69, 9.17) is 9.47 Å². The van der Waals surface area contributed by atoms with Crippen molar-refractivity contribution in [3.05, 3.63) is 53.9 Å². The van der Waals surface area contributed by atoms with Gasteiger partial charge in [-0.25, -0.2) is 0 Å². The average molecular weight is 324 g/mol. The fourth-order valence-corrected chi connectivity index (χ4v) is 3.26. The van der Waals surface area contributed by atoms with Crippen LogP contribution in [0.25, 0.3) is 16.8 Å². The fraction of sp³-hybridized carbons (Fsp3) is 0.250. The van der Waals surface area contributed by atoms with E-state index in [1.165, 1.54) is 0 Å². The van der Waals surface area contributed by atoms with Crippen LogP contribution in [0.15, 0.2) is 42.5 Å². The van der Waals surface area contributed by atoms with Crippen LogP contribution in [-0.2, 0) is 0 Å². The number of aromatic hydroxyl groups is 1. The summed E-state index contributed by atoms with van der Waals surface area (Å²) in [5.41, 5.74) is 4.75. The Bertz CT molecular complexity index is 841. The lowest BCUT2D eigenvalue weighted by atomic mass is 10.1. The monoisotopic (exact) mass is 324 g/mol. The van der Waals surface area contributed by atoms with Gasteiger partial charge in [-0.1, -0.05) is 6.07 Å². The summed E-state index contributed by atoms with van der Waals surface area (Å²) < 4.78 is 13.2. The minimum Gasteiger partial charge on any atom is -0.507 e. The van der Waals surface area contributed by atoms with Gasteiger partial charge in [0.05, 0.1) is 13.7 Å². The van der Waals surface area contributed by atoms with Gasteiger partial charge in [-0.05, 0) is 31.2 Å². The summed E-state index contributed by atoms with van der Waals surface area (Å²) in [6.45, 7) is 6.65. The van der Waals surface area contributed by atoms with Crippen LogP contribution in [0.2, 0.25) is 0 Å². The molecule has 0 saturated carbocycles. The Morgan fingerprint density at radius 1 is 0.958 bits per heavy atom. The van der Waals surface area contributed by atoms with Crippen molar-refractivity contribution in [3.63, 3.8) is 0 Å². The van der Waals surface area contributed by atoms with E-state index < -0.39 is 0 Å². The predicted molar refractivity (Wildman–Crippen MR) is 93.5 cm³/mol. The number of rotatable bonds is 4. The first-order chi connectivity index (χ1) is 11.6. The molecule has 0 radical (unpaired) electrons. The van der Waals surface area contributed by atoms with Gasteiger partial charge >= 0.3 is 0 Å². The molecule has 0 aromatic heterocycles. The highest BCUT2D eigenvalue weighted by molar-refractivity contribution is 5.79. The van der Waals surface area contributed by atoms with Gasteiger partial charge < -0.3 is 14.6 Å². The van der Waals surface area contributed by atoms with E-state index in [1.54, 1.807) is 19.2 Å². The normalized spacial score (nSPS) is 10.8. The first-order valence-corrected chi connectivity index (χ1v) is 8.02. The Hall–Kier alpha value is -2.75. The maximum atomic E-state index is 10.4. The molecular weight excluding hydrogens is 302 g/mol. The molecule has 1 aliphatic carbocycles. The van der Waals surface area contributed by atoms with Gasteiger partial charge in [0.1, 0.15) is 28.4 Å². The second-order valence-corrected chi connectivity index (χ2v) is 5.66. The van der Waals surface area contributed by atoms with Gasteiger partial charge in [-0.15, -0.1) is 0 Å². The van der Waals surface area contributed by atoms with Gasteiger partial charge in [0.2, 0.25) is 5.69 Å². The van der Waals surface area contributed by atoms with E-state index in [9.17, 15) is 5.11 Å². The number of fused-ring (bicyclic) bond motifs is 1. The van der Waals surface area contributed by atoms with Crippen molar-refractivity contribution >= 4 is 0 Å². The molecule has 0 amide bonds. The molecule has 1 heterocycles. The van der Waals surface area contributed by atoms with Gasteiger partial charge in [-0.3, -0.25) is 0 Å². The largest absolute Gasteiger partial charge is 0.507 e. The van der Waals surface area contributed by atoms with Crippen molar-refractivity contribution in [2.75, 3.05) is 13.7 Å². The molecule has 24 heavy (non-hydrogen) atoms. The number of nitrogens with zero attached hydrogens (tertiary/aromatic N) is 1. The van der Waals surface area contributed by atoms with Crippen LogP contribution < -0.4 is 14.0 Å². The Morgan fingerprint density at radius 2 is 1.62 bits per heavy atom. The highest BCUT2D eigenvalue weighted by Crippen LogP contribution is 2.41. The van der Waals surface area contributed by atoms with E-state index >= 15 is 0 Å². The van der Waals surface area contributed by atoms with E-state index in [-0.39, 0.29) is 5.75 Å². The molecule has 2 aliphatic rings. The minimum atomic E-state index is 0.249. The van der Waals surface area contributed by atoms with Gasteiger partial charge in [-0.2, -0.15) is 4.57 Å². The van der Waals surface area contributed by atoms with Crippen LogP contribution in [0.5, 0.6) is 17.2 Å². The van der Waals surface area contributed by atoms with Crippen LogP contribution >= 0.6 is 0 Å². The van der Waals surface area contributed by atoms with Gasteiger partial charge in [0.25, 0.3) is 0 Å². The summed E-state index contributed by atoms with van der Waals surface area (Å²) >= 11 is 0. The highest BCUT2D eigenvalue weighted by Gasteiger charge is 2.32. The third-order valence-electron chi connectivity index (χ3n) is 4.27. The third kappa shape index (κ3) is 2.54. The number of hydrogen-bond donors (Lipinski definition) is 1. The standard InChI is InChI=1S/C20H21NO3/c1-5-24-16-11-9-15(10-12-16)21-13(2)19-17(22)7-6-8-18(23-4)20(19)14(21)3/h6-12H,5H2,1-4H3/p+1. The van der Waals surface area contributed by atoms with Crippen LogP contribution in [0, 0.1) is 13.8 Å². The second kappa shape index (κ2) is 6.40. The Kier molecular flexibility index (Phi) is 4.30. The molecule has 0 fully saturated rings. The van der Waals surface area contributed by atoms with Crippen LogP contribution in [0.3, 0.4) is 0 Å². The summed E-state index contributed by atoms with van der Waals surface area (Å²) in [4.78, 5) is 0. The summed E-state index contributed by atoms with van der Waals surface area (Å²) in [6.07, 6.45) is 0. The minimum absolute atomic E-state index is 0.249. The Balaban J connectivity index is 2.25. The van der Waals surface area contributed by atoms with Crippen molar-refractivity contribution in [2.24, 2.45) is 0 Å². The zero-order valence-corrected chi connectivity index (χ0v) is 14.5. The molecule has 1 aliphatic heterocycles. The van der Waals surface area contributed by atoms with Crippen molar-refractivity contribution in [3.8, 4) is 34.1 Å². The average Bonchev–Trinajstić information content (AvgIpc) is 2.73.